The number of hydrogen-bond acceptors (Lipinski definition) is 3. The van der Waals surface area contributed by atoms with Gasteiger partial charge in [0.15, 0.2) is 0 Å². The molecule has 2 rings (SSSR count). The Labute approximate surface area is 111 Å². The van der Waals surface area contributed by atoms with Crippen molar-refractivity contribution in [1.82, 2.24) is 4.90 Å². The summed E-state index contributed by atoms with van der Waals surface area (Å²) in [4.78, 5) is 24.3. The van der Waals surface area contributed by atoms with E-state index >= 15 is 0 Å². The molecule has 5 heteroatoms. The third kappa shape index (κ3) is 2.54. The average molecular weight is 263 g/mol. The normalized spacial score (nSPS) is 22.3. The van der Waals surface area contributed by atoms with Crippen LogP contribution in [0.3, 0.4) is 0 Å². The molecular formula is C14H17NO4. The number of carboxylic acid groups (broad SMARTS) is 1. The Morgan fingerprint density at radius 3 is 2.42 bits per heavy atom. The van der Waals surface area contributed by atoms with Gasteiger partial charge in [0.05, 0.1) is 7.11 Å². The van der Waals surface area contributed by atoms with E-state index in [2.05, 4.69) is 0 Å². The minimum Gasteiger partial charge on any atom is -0.497 e. The molecule has 1 aliphatic rings. The number of rotatable bonds is 3. The second-order valence-corrected chi connectivity index (χ2v) is 4.66. The summed E-state index contributed by atoms with van der Waals surface area (Å²) in [6.45, 7) is 1.90. The molecule has 0 radical (unpaired) electrons. The lowest BCUT2D eigenvalue weighted by Crippen LogP contribution is -2.41. The molecule has 1 amide bonds. The van der Waals surface area contributed by atoms with Crippen LogP contribution in [0.25, 0.3) is 0 Å². The van der Waals surface area contributed by atoms with E-state index in [9.17, 15) is 14.7 Å². The molecule has 1 aromatic rings. The van der Waals surface area contributed by atoms with Gasteiger partial charge in [-0.1, -0.05) is 12.1 Å². The predicted octanol–water partition coefficient (Wildman–Crippen LogP) is 1.48. The van der Waals surface area contributed by atoms with Gasteiger partial charge in [0, 0.05) is 19.4 Å². The van der Waals surface area contributed by atoms with Crippen LogP contribution in [0.4, 0.5) is 0 Å². The molecule has 0 spiro atoms. The van der Waals surface area contributed by atoms with Crippen molar-refractivity contribution in [2.75, 3.05) is 13.7 Å². The van der Waals surface area contributed by atoms with E-state index < -0.39 is 12.0 Å². The highest BCUT2D eigenvalue weighted by molar-refractivity contribution is 5.84. The smallest absolute Gasteiger partial charge is 0.327 e. The minimum atomic E-state index is -0.950. The number of ether oxygens (including phenoxy) is 1. The van der Waals surface area contributed by atoms with Crippen LogP contribution in [0.5, 0.6) is 5.75 Å². The van der Waals surface area contributed by atoms with Crippen molar-refractivity contribution in [3.05, 3.63) is 29.8 Å². The van der Waals surface area contributed by atoms with Crippen LogP contribution in [-0.4, -0.2) is 41.6 Å². The van der Waals surface area contributed by atoms with Crippen LogP contribution in [0.15, 0.2) is 24.3 Å². The average Bonchev–Trinajstić information content (AvgIpc) is 2.83. The number of carbonyl (C=O) groups excluding carboxylic acids is 1. The summed E-state index contributed by atoms with van der Waals surface area (Å²) in [5.41, 5.74) is 0.928. The van der Waals surface area contributed by atoms with Gasteiger partial charge in [0.25, 0.3) is 0 Å². The summed E-state index contributed by atoms with van der Waals surface area (Å²) in [5, 5.41) is 9.35. The van der Waals surface area contributed by atoms with Crippen LogP contribution in [-0.2, 0) is 9.59 Å². The highest BCUT2D eigenvalue weighted by Gasteiger charge is 2.41. The van der Waals surface area contributed by atoms with Crippen molar-refractivity contribution in [2.24, 2.45) is 0 Å². The van der Waals surface area contributed by atoms with Gasteiger partial charge in [-0.25, -0.2) is 4.79 Å². The third-order valence-electron chi connectivity index (χ3n) is 3.60. The summed E-state index contributed by atoms with van der Waals surface area (Å²) in [5.74, 6) is -0.568. The Morgan fingerprint density at radius 1 is 1.32 bits per heavy atom. The highest BCUT2D eigenvalue weighted by Crippen LogP contribution is 2.34. The van der Waals surface area contributed by atoms with Gasteiger partial charge in [0.1, 0.15) is 11.8 Å². The lowest BCUT2D eigenvalue weighted by Gasteiger charge is -2.23. The molecular weight excluding hydrogens is 246 g/mol. The molecule has 0 aromatic heterocycles. The quantitative estimate of drug-likeness (QED) is 0.897. The SMILES string of the molecule is COc1ccc([C@@H]2CCN(C(C)=O)[C@@H]2C(=O)O)cc1. The van der Waals surface area contributed by atoms with Gasteiger partial charge in [-0.15, -0.1) is 0 Å². The summed E-state index contributed by atoms with van der Waals surface area (Å²) >= 11 is 0. The standard InChI is InChI=1S/C14H17NO4/c1-9(16)15-8-7-12(13(15)14(17)18)10-3-5-11(19-2)6-4-10/h3-6,12-13H,7-8H2,1-2H3,(H,17,18)/t12-,13-/m0/s1. The van der Waals surface area contributed by atoms with E-state index in [4.69, 9.17) is 4.74 Å². The molecule has 102 valence electrons. The molecule has 0 bridgehead atoms. The van der Waals surface area contributed by atoms with Crippen LogP contribution >= 0.6 is 0 Å². The fourth-order valence-corrected chi connectivity index (χ4v) is 2.65. The molecule has 19 heavy (non-hydrogen) atoms. The molecule has 1 heterocycles. The minimum absolute atomic E-state index is 0.160. The molecule has 5 nitrogen and oxygen atoms in total. The van der Waals surface area contributed by atoms with E-state index in [1.54, 1.807) is 7.11 Å². The molecule has 1 fully saturated rings. The number of hydrogen-bond donors (Lipinski definition) is 1. The fourth-order valence-electron chi connectivity index (χ4n) is 2.65. The first-order valence-corrected chi connectivity index (χ1v) is 6.18. The Hall–Kier alpha value is -2.04. The number of nitrogens with zero attached hydrogens (tertiary/aromatic N) is 1. The molecule has 0 unspecified atom stereocenters. The maximum atomic E-state index is 11.5. The summed E-state index contributed by atoms with van der Waals surface area (Å²) in [7, 11) is 1.59. The largest absolute Gasteiger partial charge is 0.497 e. The first-order chi connectivity index (χ1) is 9.04. The van der Waals surface area contributed by atoms with Gasteiger partial charge in [0.2, 0.25) is 5.91 Å². The van der Waals surface area contributed by atoms with Crippen LogP contribution < -0.4 is 4.74 Å². The first kappa shape index (κ1) is 13.4. The maximum absolute atomic E-state index is 11.5. The van der Waals surface area contributed by atoms with Gasteiger partial charge in [-0.05, 0) is 24.1 Å². The third-order valence-corrected chi connectivity index (χ3v) is 3.60. The van der Waals surface area contributed by atoms with Gasteiger partial charge >= 0.3 is 5.97 Å². The Bertz CT molecular complexity index is 483. The van der Waals surface area contributed by atoms with Crippen LogP contribution in [0.2, 0.25) is 0 Å². The van der Waals surface area contributed by atoms with Crippen molar-refractivity contribution >= 4 is 11.9 Å². The number of aliphatic carboxylic acids is 1. The Balaban J connectivity index is 2.27. The number of carboxylic acids is 1. The van der Waals surface area contributed by atoms with E-state index in [0.29, 0.717) is 13.0 Å². The fraction of sp³-hybridized carbons (Fsp3) is 0.429. The van der Waals surface area contributed by atoms with Gasteiger partial charge in [-0.2, -0.15) is 0 Å². The summed E-state index contributed by atoms with van der Waals surface area (Å²) < 4.78 is 5.08. The number of likely N-dealkylation sites (tertiary alicyclic amines) is 1. The molecule has 1 aromatic carbocycles. The van der Waals surface area contributed by atoms with E-state index in [0.717, 1.165) is 11.3 Å². The van der Waals surface area contributed by atoms with Crippen molar-refractivity contribution in [1.29, 1.82) is 0 Å². The monoisotopic (exact) mass is 263 g/mol. The Kier molecular flexibility index (Phi) is 3.74. The van der Waals surface area contributed by atoms with Crippen LogP contribution in [0.1, 0.15) is 24.8 Å². The highest BCUT2D eigenvalue weighted by atomic mass is 16.5. The topological polar surface area (TPSA) is 66.8 Å². The molecule has 1 aliphatic heterocycles. The number of methoxy groups -OCH3 is 1. The van der Waals surface area contributed by atoms with Crippen molar-refractivity contribution < 1.29 is 19.4 Å². The molecule has 1 N–H and O–H groups in total. The lowest BCUT2D eigenvalue weighted by molar-refractivity contribution is -0.147. The Morgan fingerprint density at radius 2 is 1.95 bits per heavy atom. The van der Waals surface area contributed by atoms with Gasteiger partial charge < -0.3 is 14.7 Å². The van der Waals surface area contributed by atoms with Crippen LogP contribution in [0, 0.1) is 0 Å². The first-order valence-electron chi connectivity index (χ1n) is 6.18. The summed E-state index contributed by atoms with van der Waals surface area (Å²) in [6, 6.07) is 6.58. The lowest BCUT2D eigenvalue weighted by atomic mass is 9.91. The predicted molar refractivity (Wildman–Crippen MR) is 69.2 cm³/mol. The maximum Gasteiger partial charge on any atom is 0.327 e. The number of amides is 1. The second kappa shape index (κ2) is 5.30. The molecule has 0 aliphatic carbocycles. The van der Waals surface area contributed by atoms with E-state index in [1.807, 2.05) is 24.3 Å². The zero-order valence-electron chi connectivity index (χ0n) is 11.0. The van der Waals surface area contributed by atoms with E-state index in [-0.39, 0.29) is 11.8 Å². The van der Waals surface area contributed by atoms with Crippen molar-refractivity contribution in [3.63, 3.8) is 0 Å². The molecule has 1 saturated heterocycles. The van der Waals surface area contributed by atoms with Crippen molar-refractivity contribution in [2.45, 2.75) is 25.3 Å². The second-order valence-electron chi connectivity index (χ2n) is 4.66. The van der Waals surface area contributed by atoms with E-state index in [1.165, 1.54) is 11.8 Å². The van der Waals surface area contributed by atoms with Gasteiger partial charge in [-0.3, -0.25) is 4.79 Å². The zero-order valence-corrected chi connectivity index (χ0v) is 11.0. The summed E-state index contributed by atoms with van der Waals surface area (Å²) in [6.07, 6.45) is 0.670. The molecule has 0 saturated carbocycles. The zero-order chi connectivity index (χ0) is 14.0. The number of carbonyl (C=O) groups is 2. The number of benzene rings is 1. The van der Waals surface area contributed by atoms with Crippen molar-refractivity contribution in [3.8, 4) is 5.75 Å². The molecule has 2 atom stereocenters.